The second-order valence-electron chi connectivity index (χ2n) is 9.23. The van der Waals surface area contributed by atoms with Crippen LogP contribution in [0.1, 0.15) is 18.4 Å². The Hall–Kier alpha value is -4.02. The topological polar surface area (TPSA) is 86.8 Å². The molecule has 0 saturated carbocycles. The van der Waals surface area contributed by atoms with E-state index in [9.17, 15) is 18.0 Å². The molecule has 36 heavy (non-hydrogen) atoms. The number of amides is 1. The Morgan fingerprint density at radius 1 is 0.972 bits per heavy atom. The van der Waals surface area contributed by atoms with Crippen molar-refractivity contribution in [1.82, 2.24) is 25.3 Å². The molecule has 0 unspecified atom stereocenters. The van der Waals surface area contributed by atoms with Gasteiger partial charge in [-0.3, -0.25) is 4.79 Å². The number of aromatic amines is 1. The number of alkyl halides is 3. The normalized spacial score (nSPS) is 17.3. The zero-order valence-corrected chi connectivity index (χ0v) is 18.9. The lowest BCUT2D eigenvalue weighted by Gasteiger charge is -2.46. The van der Waals surface area contributed by atoms with Crippen molar-refractivity contribution in [2.24, 2.45) is 5.41 Å². The predicted molar refractivity (Wildman–Crippen MR) is 124 cm³/mol. The molecule has 2 saturated heterocycles. The van der Waals surface area contributed by atoms with Crippen molar-refractivity contribution < 1.29 is 22.4 Å². The molecule has 0 bridgehead atoms. The second kappa shape index (κ2) is 8.00. The molecular formula is C25H20F4N6O. The van der Waals surface area contributed by atoms with Crippen molar-refractivity contribution >= 4 is 22.9 Å². The molecule has 7 nitrogen and oxygen atoms in total. The van der Waals surface area contributed by atoms with Crippen molar-refractivity contribution in [3.8, 4) is 22.5 Å². The Balaban J connectivity index is 1.20. The van der Waals surface area contributed by atoms with E-state index < -0.39 is 17.6 Å². The summed E-state index contributed by atoms with van der Waals surface area (Å²) in [5.41, 5.74) is 0.764. The zero-order valence-electron chi connectivity index (χ0n) is 18.9. The number of carbonyl (C=O) groups is 1. The van der Waals surface area contributed by atoms with Crippen LogP contribution in [0.3, 0.4) is 0 Å². The molecule has 2 N–H and O–H groups in total. The summed E-state index contributed by atoms with van der Waals surface area (Å²) in [6.45, 7) is 2.11. The van der Waals surface area contributed by atoms with Crippen LogP contribution >= 0.6 is 0 Å². The monoisotopic (exact) mass is 496 g/mol. The lowest BCUT2D eigenvalue weighted by molar-refractivity contribution is -0.141. The van der Waals surface area contributed by atoms with Crippen LogP contribution in [-0.2, 0) is 11.0 Å². The number of nitrogens with one attached hydrogen (secondary N) is 2. The van der Waals surface area contributed by atoms with Gasteiger partial charge < -0.3 is 15.2 Å². The van der Waals surface area contributed by atoms with Crippen LogP contribution in [0.5, 0.6) is 0 Å². The Morgan fingerprint density at radius 2 is 1.72 bits per heavy atom. The van der Waals surface area contributed by atoms with E-state index in [1.54, 1.807) is 18.5 Å². The number of hydrogen-bond acceptors (Lipinski definition) is 5. The van der Waals surface area contributed by atoms with Crippen molar-refractivity contribution in [2.75, 3.05) is 24.5 Å². The molecule has 4 aromatic rings. The highest BCUT2D eigenvalue weighted by molar-refractivity contribution is 5.89. The van der Waals surface area contributed by atoms with E-state index >= 15 is 4.39 Å². The van der Waals surface area contributed by atoms with E-state index in [-0.39, 0.29) is 28.2 Å². The van der Waals surface area contributed by atoms with Gasteiger partial charge in [-0.25, -0.2) is 19.3 Å². The molecule has 0 atom stereocenters. The van der Waals surface area contributed by atoms with E-state index in [2.05, 4.69) is 25.3 Å². The average molecular weight is 496 g/mol. The number of nitrogens with zero attached hydrogens (tertiary/aromatic N) is 4. The summed E-state index contributed by atoms with van der Waals surface area (Å²) < 4.78 is 54.0. The molecule has 2 aromatic carbocycles. The van der Waals surface area contributed by atoms with Crippen LogP contribution in [0.4, 0.5) is 23.5 Å². The zero-order chi connectivity index (χ0) is 25.1. The third-order valence-electron chi connectivity index (χ3n) is 7.08. The second-order valence-corrected chi connectivity index (χ2v) is 9.23. The number of benzene rings is 2. The molecule has 2 aromatic heterocycles. The lowest BCUT2D eigenvalue weighted by atomic mass is 9.72. The molecule has 0 radical (unpaired) electrons. The van der Waals surface area contributed by atoms with Crippen molar-refractivity contribution in [2.45, 2.75) is 19.0 Å². The molecular weight excluding hydrogens is 476 g/mol. The van der Waals surface area contributed by atoms with E-state index in [1.807, 2.05) is 4.90 Å². The predicted octanol–water partition coefficient (Wildman–Crippen LogP) is 4.56. The largest absolute Gasteiger partial charge is 0.416 e. The first-order valence-electron chi connectivity index (χ1n) is 11.4. The minimum Gasteiger partial charge on any atom is -0.354 e. The maximum atomic E-state index is 15.0. The van der Waals surface area contributed by atoms with E-state index in [0.29, 0.717) is 35.7 Å². The highest BCUT2D eigenvalue weighted by Gasteiger charge is 2.48. The molecule has 2 fully saturated rings. The Labute approximate surface area is 202 Å². The third kappa shape index (κ3) is 3.75. The summed E-state index contributed by atoms with van der Waals surface area (Å²) in [6.07, 6.45) is 0.285. The number of aromatic nitrogens is 4. The number of imidazole rings is 1. The van der Waals surface area contributed by atoms with Gasteiger partial charge in [0.25, 0.3) is 0 Å². The standard InChI is InChI=1S/C25H20F4N6O/c26-18-9-14(1-3-17(18)21-33-19-4-2-16(25(27,28)29)10-20(19)34-21)15-11-30-23(31-12-15)35-7-5-24(6-8-35)13-32-22(24)36/h1-4,9-12H,5-8,13H2,(H,32,36)(H,33,34). The maximum absolute atomic E-state index is 15.0. The number of H-pyrrole nitrogens is 1. The Morgan fingerprint density at radius 3 is 2.33 bits per heavy atom. The first kappa shape index (κ1) is 22.4. The maximum Gasteiger partial charge on any atom is 0.416 e. The van der Waals surface area contributed by atoms with Gasteiger partial charge in [0.2, 0.25) is 11.9 Å². The van der Waals surface area contributed by atoms with Crippen LogP contribution in [0, 0.1) is 11.2 Å². The van der Waals surface area contributed by atoms with Gasteiger partial charge >= 0.3 is 6.18 Å². The number of rotatable bonds is 3. The molecule has 4 heterocycles. The number of piperidine rings is 1. The smallest absolute Gasteiger partial charge is 0.354 e. The van der Waals surface area contributed by atoms with Crippen molar-refractivity contribution in [1.29, 1.82) is 0 Å². The van der Waals surface area contributed by atoms with Crippen molar-refractivity contribution in [3.05, 3.63) is 60.2 Å². The highest BCUT2D eigenvalue weighted by atomic mass is 19.4. The number of anilines is 1. The van der Waals surface area contributed by atoms with E-state index in [0.717, 1.165) is 31.5 Å². The number of fused-ring (bicyclic) bond motifs is 1. The van der Waals surface area contributed by atoms with Gasteiger partial charge in [-0.1, -0.05) is 6.07 Å². The third-order valence-corrected chi connectivity index (χ3v) is 7.08. The van der Waals surface area contributed by atoms with Crippen molar-refractivity contribution in [3.63, 3.8) is 0 Å². The number of hydrogen-bond donors (Lipinski definition) is 2. The first-order valence-corrected chi connectivity index (χ1v) is 11.4. The van der Waals surface area contributed by atoms with E-state index in [4.69, 9.17) is 0 Å². The fraction of sp³-hybridized carbons (Fsp3) is 0.280. The van der Waals surface area contributed by atoms with Crippen LogP contribution < -0.4 is 10.2 Å². The van der Waals surface area contributed by atoms with Gasteiger partial charge in [-0.05, 0) is 48.7 Å². The summed E-state index contributed by atoms with van der Waals surface area (Å²) >= 11 is 0. The minimum atomic E-state index is -4.48. The molecule has 0 aliphatic carbocycles. The van der Waals surface area contributed by atoms with Gasteiger partial charge in [0.05, 0.1) is 27.6 Å². The Bertz CT molecular complexity index is 1470. The molecule has 6 rings (SSSR count). The SMILES string of the molecule is O=C1NCC12CCN(c1ncc(-c3ccc(-c4nc5ccc(C(F)(F)F)cc5[nH]4)c(F)c3)cn1)CC2. The summed E-state index contributed by atoms with van der Waals surface area (Å²) in [5.74, 6) is 0.248. The number of halogens is 4. The molecule has 1 amide bonds. The van der Waals surface area contributed by atoms with Crippen LogP contribution in [0.15, 0.2) is 48.8 Å². The fourth-order valence-corrected chi connectivity index (χ4v) is 4.78. The van der Waals surface area contributed by atoms with Crippen LogP contribution in [0.25, 0.3) is 33.5 Å². The van der Waals surface area contributed by atoms with Gasteiger partial charge in [-0.2, -0.15) is 13.2 Å². The molecule has 2 aliphatic heterocycles. The summed E-state index contributed by atoms with van der Waals surface area (Å²) in [6, 6.07) is 7.69. The highest BCUT2D eigenvalue weighted by Crippen LogP contribution is 2.37. The quantitative estimate of drug-likeness (QED) is 0.321. The number of β-lactam (4-membered cyclic amide) rings is 1. The minimum absolute atomic E-state index is 0.123. The molecule has 2 aliphatic rings. The number of carbonyl (C=O) groups excluding carboxylic acids is 1. The van der Waals surface area contributed by atoms with Gasteiger partial charge in [0.15, 0.2) is 0 Å². The summed E-state index contributed by atoms with van der Waals surface area (Å²) in [7, 11) is 0. The van der Waals surface area contributed by atoms with Gasteiger partial charge in [0, 0.05) is 37.6 Å². The summed E-state index contributed by atoms with van der Waals surface area (Å²) in [4.78, 5) is 29.8. The molecule has 184 valence electrons. The van der Waals surface area contributed by atoms with Gasteiger partial charge in [-0.15, -0.1) is 0 Å². The van der Waals surface area contributed by atoms with Crippen LogP contribution in [-0.4, -0.2) is 45.5 Å². The first-order chi connectivity index (χ1) is 17.2. The average Bonchev–Trinajstić information content (AvgIpc) is 3.30. The molecule has 11 heteroatoms. The fourth-order valence-electron chi connectivity index (χ4n) is 4.78. The Kier molecular flexibility index (Phi) is 4.99. The van der Waals surface area contributed by atoms with E-state index in [1.165, 1.54) is 18.2 Å². The van der Waals surface area contributed by atoms with Gasteiger partial charge in [0.1, 0.15) is 11.6 Å². The molecule has 1 spiro atoms. The van der Waals surface area contributed by atoms with Crippen LogP contribution in [0.2, 0.25) is 0 Å². The summed E-state index contributed by atoms with van der Waals surface area (Å²) in [5, 5.41) is 2.82. The lowest BCUT2D eigenvalue weighted by Crippen LogP contribution is -2.62.